The summed E-state index contributed by atoms with van der Waals surface area (Å²) >= 11 is 9.20. The van der Waals surface area contributed by atoms with E-state index in [9.17, 15) is 9.59 Å². The second-order valence-corrected chi connectivity index (χ2v) is 13.6. The summed E-state index contributed by atoms with van der Waals surface area (Å²) in [4.78, 5) is 24.1. The maximum atomic E-state index is 10.6. The minimum atomic E-state index is 0. The normalized spacial score (nSPS) is 10.6. The summed E-state index contributed by atoms with van der Waals surface area (Å²) in [6.45, 7) is 13.3. The molecule has 0 bridgehead atoms. The van der Waals surface area contributed by atoms with Crippen LogP contribution < -0.4 is 0 Å². The molecule has 0 aromatic heterocycles. The Kier molecular flexibility index (Phi) is 14.7. The summed E-state index contributed by atoms with van der Waals surface area (Å²) in [5.74, 6) is 0. The topological polar surface area (TPSA) is 34.1 Å². The average Bonchev–Trinajstić information content (AvgIpc) is 2.90. The van der Waals surface area contributed by atoms with Gasteiger partial charge in [0.1, 0.15) is 12.6 Å². The molecule has 4 rings (SSSR count). The lowest BCUT2D eigenvalue weighted by Crippen LogP contribution is -2.10. The van der Waals surface area contributed by atoms with Crippen LogP contribution in [0.5, 0.6) is 0 Å². The average molecular weight is 638 g/mol. The third-order valence-corrected chi connectivity index (χ3v) is 7.55. The number of carbonyl (C=O) groups excluding carboxylic acids is 2. The number of carbonyl (C=O) groups is 2. The fraction of sp³-hybridized carbons (Fsp3) is 0.257. The maximum absolute atomic E-state index is 10.6. The fourth-order valence-corrected chi connectivity index (χ4v) is 4.51. The van der Waals surface area contributed by atoms with Crippen LogP contribution in [0.25, 0.3) is 0 Å². The van der Waals surface area contributed by atoms with Crippen molar-refractivity contribution in [3.8, 4) is 0 Å². The molecular formula is C35H41BrO2S2. The third-order valence-electron chi connectivity index (χ3n) is 5.71. The van der Waals surface area contributed by atoms with E-state index < -0.39 is 0 Å². The van der Waals surface area contributed by atoms with Crippen LogP contribution in [0.15, 0.2) is 116 Å². The van der Waals surface area contributed by atoms with E-state index in [2.05, 4.69) is 106 Å². The molecule has 4 aromatic carbocycles. The van der Waals surface area contributed by atoms with E-state index in [1.165, 1.54) is 16.0 Å². The number of halogens is 1. The van der Waals surface area contributed by atoms with Crippen molar-refractivity contribution in [1.29, 1.82) is 0 Å². The van der Waals surface area contributed by atoms with Crippen molar-refractivity contribution in [3.05, 3.63) is 124 Å². The van der Waals surface area contributed by atoms with Crippen LogP contribution in [0.3, 0.4) is 0 Å². The second kappa shape index (κ2) is 16.6. The highest BCUT2D eigenvalue weighted by Gasteiger charge is 2.13. The highest BCUT2D eigenvalue weighted by atomic mass is 79.9. The van der Waals surface area contributed by atoms with E-state index in [0.29, 0.717) is 11.1 Å². The zero-order chi connectivity index (χ0) is 29.1. The van der Waals surface area contributed by atoms with Crippen molar-refractivity contribution in [2.75, 3.05) is 0 Å². The molecule has 0 spiro atoms. The number of rotatable bonds is 4. The molecule has 2 nitrogen and oxygen atoms in total. The van der Waals surface area contributed by atoms with Crippen molar-refractivity contribution in [2.45, 2.75) is 74.5 Å². The summed E-state index contributed by atoms with van der Waals surface area (Å²) in [6.07, 6.45) is 1.69. The lowest BCUT2D eigenvalue weighted by atomic mass is 9.87. The van der Waals surface area contributed by atoms with Crippen LogP contribution in [0.4, 0.5) is 0 Å². The monoisotopic (exact) mass is 636 g/mol. The molecule has 0 amide bonds. The van der Waals surface area contributed by atoms with E-state index in [-0.39, 0.29) is 18.3 Å². The summed E-state index contributed by atoms with van der Waals surface area (Å²) < 4.78 is 0.994. The Morgan fingerprint density at radius 1 is 0.575 bits per heavy atom. The smallest absolute Gasteiger partial charge is 0.150 e. The number of benzene rings is 4. The molecule has 40 heavy (non-hydrogen) atoms. The predicted molar refractivity (Wildman–Crippen MR) is 180 cm³/mol. The van der Waals surface area contributed by atoms with Gasteiger partial charge >= 0.3 is 0 Å². The molecule has 0 saturated carbocycles. The van der Waals surface area contributed by atoms with Crippen LogP contribution in [0, 0.1) is 0 Å². The molecule has 0 fully saturated rings. The lowest BCUT2D eigenvalue weighted by Gasteiger charge is -2.19. The Bertz CT molecular complexity index is 1300. The van der Waals surface area contributed by atoms with Crippen molar-refractivity contribution >= 4 is 52.9 Å². The van der Waals surface area contributed by atoms with Crippen molar-refractivity contribution in [2.24, 2.45) is 0 Å². The molecule has 0 aliphatic rings. The molecule has 0 saturated heterocycles. The standard InChI is InChI=1S/C17H18OS.C10H14S.C7H5BrO.CH4/c1-17(2,3)14-6-10-16(11-7-14)19-15-8-4-13(12-18)5-9-15;1-10(2,3)8-4-6-9(11)7-5-8;8-7-3-1-6(5-9)2-4-7;/h4-12H,1-3H3;4-7,11H,1-3H3;1-5H;1H4. The number of hydrogen-bond donors (Lipinski definition) is 1. The molecule has 5 heteroatoms. The van der Waals surface area contributed by atoms with Gasteiger partial charge in [-0.3, -0.25) is 9.59 Å². The molecule has 0 atom stereocenters. The van der Waals surface area contributed by atoms with Gasteiger partial charge < -0.3 is 0 Å². The van der Waals surface area contributed by atoms with Gasteiger partial charge in [-0.2, -0.15) is 0 Å². The highest BCUT2D eigenvalue weighted by Crippen LogP contribution is 2.30. The SMILES string of the molecule is C.CC(C)(C)c1ccc(S)cc1.CC(C)(C)c1ccc(Sc2ccc(C=O)cc2)cc1.O=Cc1ccc(Br)cc1. The summed E-state index contributed by atoms with van der Waals surface area (Å²) in [6, 6.07) is 31.8. The number of hydrogen-bond acceptors (Lipinski definition) is 4. The molecule has 0 unspecified atom stereocenters. The number of thiol groups is 1. The Labute approximate surface area is 259 Å². The van der Waals surface area contributed by atoms with Crippen LogP contribution in [0.1, 0.15) is 80.8 Å². The molecule has 0 N–H and O–H groups in total. The Balaban J connectivity index is 0.000000324. The van der Waals surface area contributed by atoms with Gasteiger partial charge in [-0.1, -0.05) is 125 Å². The van der Waals surface area contributed by atoms with Crippen LogP contribution in [-0.2, 0) is 10.8 Å². The molecular weight excluding hydrogens is 596 g/mol. The molecule has 0 aliphatic heterocycles. The molecule has 0 aliphatic carbocycles. The van der Waals surface area contributed by atoms with Gasteiger partial charge in [0.2, 0.25) is 0 Å². The van der Waals surface area contributed by atoms with Gasteiger partial charge in [0.05, 0.1) is 0 Å². The number of aldehydes is 2. The Morgan fingerprint density at radius 3 is 1.25 bits per heavy atom. The molecule has 0 heterocycles. The van der Waals surface area contributed by atoms with Gasteiger partial charge in [0.25, 0.3) is 0 Å². The zero-order valence-corrected chi connectivity index (χ0v) is 26.7. The molecule has 212 valence electrons. The first-order chi connectivity index (χ1) is 18.3. The minimum Gasteiger partial charge on any atom is -0.298 e. The molecule has 4 aromatic rings. The van der Waals surface area contributed by atoms with E-state index in [1.54, 1.807) is 23.9 Å². The predicted octanol–water partition coefficient (Wildman–Crippen LogP) is 11.1. The van der Waals surface area contributed by atoms with Gasteiger partial charge in [-0.15, -0.1) is 12.6 Å². The van der Waals surface area contributed by atoms with E-state index >= 15 is 0 Å². The Morgan fingerprint density at radius 2 is 0.900 bits per heavy atom. The quantitative estimate of drug-likeness (QED) is 0.179. The van der Waals surface area contributed by atoms with E-state index in [1.807, 2.05) is 48.5 Å². The van der Waals surface area contributed by atoms with Gasteiger partial charge in [0, 0.05) is 30.3 Å². The highest BCUT2D eigenvalue weighted by molar-refractivity contribution is 9.10. The van der Waals surface area contributed by atoms with Gasteiger partial charge in [0.15, 0.2) is 0 Å². The van der Waals surface area contributed by atoms with Gasteiger partial charge in [-0.05, 0) is 70.5 Å². The zero-order valence-electron chi connectivity index (χ0n) is 23.4. The summed E-state index contributed by atoms with van der Waals surface area (Å²) in [7, 11) is 0. The summed E-state index contributed by atoms with van der Waals surface area (Å²) in [5.41, 5.74) is 4.56. The van der Waals surface area contributed by atoms with Crippen molar-refractivity contribution < 1.29 is 9.59 Å². The van der Waals surface area contributed by atoms with Crippen molar-refractivity contribution in [1.82, 2.24) is 0 Å². The molecule has 0 radical (unpaired) electrons. The van der Waals surface area contributed by atoms with E-state index in [0.717, 1.165) is 26.8 Å². The second-order valence-electron chi connectivity index (χ2n) is 11.0. The third kappa shape index (κ3) is 12.7. The maximum Gasteiger partial charge on any atom is 0.150 e. The van der Waals surface area contributed by atoms with Crippen LogP contribution in [-0.4, -0.2) is 12.6 Å². The first kappa shape index (κ1) is 35.4. The van der Waals surface area contributed by atoms with Crippen molar-refractivity contribution in [3.63, 3.8) is 0 Å². The van der Waals surface area contributed by atoms with Gasteiger partial charge in [-0.25, -0.2) is 0 Å². The van der Waals surface area contributed by atoms with E-state index in [4.69, 9.17) is 0 Å². The fourth-order valence-electron chi connectivity index (χ4n) is 3.28. The lowest BCUT2D eigenvalue weighted by molar-refractivity contribution is 0.111. The van der Waals surface area contributed by atoms with Crippen LogP contribution in [0.2, 0.25) is 0 Å². The van der Waals surface area contributed by atoms with Crippen LogP contribution >= 0.6 is 40.3 Å². The first-order valence-electron chi connectivity index (χ1n) is 12.7. The largest absolute Gasteiger partial charge is 0.298 e. The minimum absolute atomic E-state index is 0. The first-order valence-corrected chi connectivity index (χ1v) is 14.7. The summed E-state index contributed by atoms with van der Waals surface area (Å²) in [5, 5.41) is 0. The Hall–Kier alpha value is -2.60.